The summed E-state index contributed by atoms with van der Waals surface area (Å²) >= 11 is 6.38. The lowest BCUT2D eigenvalue weighted by molar-refractivity contribution is 0.360. The van der Waals surface area contributed by atoms with Crippen molar-refractivity contribution in [3.05, 3.63) is 53.7 Å². The van der Waals surface area contributed by atoms with Crippen LogP contribution in [0.25, 0.3) is 0 Å². The van der Waals surface area contributed by atoms with E-state index in [-0.39, 0.29) is 0 Å². The van der Waals surface area contributed by atoms with E-state index in [1.807, 2.05) is 43.3 Å². The van der Waals surface area contributed by atoms with Crippen LogP contribution in [0.5, 0.6) is 5.75 Å². The van der Waals surface area contributed by atoms with Gasteiger partial charge in [-0.25, -0.2) is 4.98 Å². The average Bonchev–Trinajstić information content (AvgIpc) is 3.10. The highest BCUT2D eigenvalue weighted by molar-refractivity contribution is 7.85. The molecule has 1 aromatic heterocycles. The standard InChI is InChI=1S/C25H31ClN6O2S/c1-4-35(33)23-9-6-5-8-21(23)28-24-19(26)17-27-25(30-24)29-20-11-10-18(16-22(20)34-3)32-13-7-12-31(2)14-15-32/h5-6,8-11,16-17H,4,7,12-15H2,1-3H3,(H2,27,28,29,30). The first-order chi connectivity index (χ1) is 17.0. The summed E-state index contributed by atoms with van der Waals surface area (Å²) in [5.41, 5.74) is 2.58. The molecule has 0 radical (unpaired) electrons. The van der Waals surface area contributed by atoms with Crippen LogP contribution in [0, 0.1) is 0 Å². The Morgan fingerprint density at radius 1 is 1.09 bits per heavy atom. The zero-order chi connectivity index (χ0) is 24.8. The number of rotatable bonds is 8. The van der Waals surface area contributed by atoms with Crippen LogP contribution in [0.15, 0.2) is 53.6 Å². The molecule has 0 aliphatic carbocycles. The van der Waals surface area contributed by atoms with Gasteiger partial charge in [0, 0.05) is 37.1 Å². The Bertz CT molecular complexity index is 1190. The number of nitrogens with one attached hydrogen (secondary N) is 2. The molecule has 8 nitrogen and oxygen atoms in total. The molecule has 35 heavy (non-hydrogen) atoms. The lowest BCUT2D eigenvalue weighted by Crippen LogP contribution is -2.28. The van der Waals surface area contributed by atoms with Gasteiger partial charge < -0.3 is 25.2 Å². The Balaban J connectivity index is 1.55. The van der Waals surface area contributed by atoms with Gasteiger partial charge in [-0.15, -0.1) is 0 Å². The number of benzene rings is 2. The van der Waals surface area contributed by atoms with Crippen molar-refractivity contribution in [3.63, 3.8) is 0 Å². The van der Waals surface area contributed by atoms with Crippen LogP contribution in [-0.2, 0) is 10.8 Å². The Morgan fingerprint density at radius 3 is 2.71 bits per heavy atom. The number of likely N-dealkylation sites (N-methyl/N-ethyl adjacent to an activating group) is 1. The van der Waals surface area contributed by atoms with E-state index in [2.05, 4.69) is 43.5 Å². The van der Waals surface area contributed by atoms with Crippen LogP contribution < -0.4 is 20.3 Å². The first kappa shape index (κ1) is 25.2. The molecule has 2 aromatic carbocycles. The fraction of sp³-hybridized carbons (Fsp3) is 0.360. The van der Waals surface area contributed by atoms with Crippen molar-refractivity contribution in [1.29, 1.82) is 0 Å². The summed E-state index contributed by atoms with van der Waals surface area (Å²) in [5.74, 6) is 2.02. The second-order valence-corrected chi connectivity index (χ2v) is 10.4. The minimum Gasteiger partial charge on any atom is -0.494 e. The van der Waals surface area contributed by atoms with Gasteiger partial charge in [-0.05, 0) is 44.3 Å². The number of hydrogen-bond acceptors (Lipinski definition) is 8. The summed E-state index contributed by atoms with van der Waals surface area (Å²) in [7, 11) is 2.70. The lowest BCUT2D eigenvalue weighted by atomic mass is 10.2. The van der Waals surface area contributed by atoms with E-state index in [1.165, 1.54) is 6.20 Å². The molecule has 0 amide bonds. The quantitative estimate of drug-likeness (QED) is 0.439. The summed E-state index contributed by atoms with van der Waals surface area (Å²) < 4.78 is 18.1. The summed E-state index contributed by atoms with van der Waals surface area (Å²) in [6.45, 7) is 6.02. The number of ether oxygens (including phenoxy) is 1. The van der Waals surface area contributed by atoms with Gasteiger partial charge in [-0.2, -0.15) is 4.98 Å². The maximum absolute atomic E-state index is 12.4. The van der Waals surface area contributed by atoms with Gasteiger partial charge in [0.1, 0.15) is 10.8 Å². The van der Waals surface area contributed by atoms with Gasteiger partial charge in [-0.3, -0.25) is 4.21 Å². The third-order valence-electron chi connectivity index (χ3n) is 5.91. The van der Waals surface area contributed by atoms with E-state index in [4.69, 9.17) is 16.3 Å². The first-order valence-corrected chi connectivity index (χ1v) is 13.3. The molecule has 1 atom stereocenters. The first-order valence-electron chi connectivity index (χ1n) is 11.6. The van der Waals surface area contributed by atoms with Gasteiger partial charge in [-0.1, -0.05) is 30.7 Å². The van der Waals surface area contributed by atoms with E-state index in [0.717, 1.165) is 44.0 Å². The van der Waals surface area contributed by atoms with Crippen molar-refractivity contribution < 1.29 is 8.95 Å². The molecule has 0 spiro atoms. The maximum Gasteiger partial charge on any atom is 0.229 e. The monoisotopic (exact) mass is 514 g/mol. The molecule has 10 heteroatoms. The Kier molecular flexibility index (Phi) is 8.43. The summed E-state index contributed by atoms with van der Waals surface area (Å²) in [6.07, 6.45) is 2.66. The second-order valence-electron chi connectivity index (χ2n) is 8.30. The molecule has 3 aromatic rings. The van der Waals surface area contributed by atoms with Crippen LogP contribution in [0.3, 0.4) is 0 Å². The van der Waals surface area contributed by atoms with Gasteiger partial charge in [0.25, 0.3) is 0 Å². The average molecular weight is 515 g/mol. The molecule has 2 heterocycles. The minimum absolute atomic E-state index is 0.362. The zero-order valence-electron chi connectivity index (χ0n) is 20.3. The topological polar surface area (TPSA) is 82.6 Å². The molecule has 1 saturated heterocycles. The third-order valence-corrected chi connectivity index (χ3v) is 7.56. The molecule has 2 N–H and O–H groups in total. The summed E-state index contributed by atoms with van der Waals surface area (Å²) in [6, 6.07) is 13.5. The Morgan fingerprint density at radius 2 is 1.91 bits per heavy atom. The highest BCUT2D eigenvalue weighted by Crippen LogP contribution is 2.33. The van der Waals surface area contributed by atoms with Crippen molar-refractivity contribution in [2.24, 2.45) is 0 Å². The van der Waals surface area contributed by atoms with Crippen molar-refractivity contribution >= 4 is 51.2 Å². The predicted octanol–water partition coefficient (Wildman–Crippen LogP) is 4.90. The van der Waals surface area contributed by atoms with E-state index in [0.29, 0.717) is 38.9 Å². The molecule has 0 bridgehead atoms. The fourth-order valence-electron chi connectivity index (χ4n) is 3.97. The van der Waals surface area contributed by atoms with Crippen LogP contribution >= 0.6 is 11.6 Å². The zero-order valence-corrected chi connectivity index (χ0v) is 21.8. The van der Waals surface area contributed by atoms with E-state index >= 15 is 0 Å². The molecule has 1 aliphatic rings. The molecule has 186 valence electrons. The van der Waals surface area contributed by atoms with Gasteiger partial charge in [0.05, 0.1) is 40.4 Å². The predicted molar refractivity (Wildman–Crippen MR) is 144 cm³/mol. The Labute approximate surface area is 214 Å². The summed E-state index contributed by atoms with van der Waals surface area (Å²) in [4.78, 5) is 14.3. The van der Waals surface area contributed by atoms with E-state index < -0.39 is 10.8 Å². The number of halogens is 1. The number of para-hydroxylation sites is 1. The van der Waals surface area contributed by atoms with Crippen LogP contribution in [0.4, 0.5) is 28.8 Å². The number of aromatic nitrogens is 2. The number of methoxy groups -OCH3 is 1. The largest absolute Gasteiger partial charge is 0.494 e. The molecule has 4 rings (SSSR count). The van der Waals surface area contributed by atoms with Gasteiger partial charge >= 0.3 is 0 Å². The highest BCUT2D eigenvalue weighted by Gasteiger charge is 2.16. The minimum atomic E-state index is -1.12. The maximum atomic E-state index is 12.4. The van der Waals surface area contributed by atoms with Crippen LogP contribution in [0.1, 0.15) is 13.3 Å². The highest BCUT2D eigenvalue weighted by atomic mass is 35.5. The van der Waals surface area contributed by atoms with Crippen molar-refractivity contribution in [3.8, 4) is 5.75 Å². The van der Waals surface area contributed by atoms with Gasteiger partial charge in [0.2, 0.25) is 5.95 Å². The number of hydrogen-bond donors (Lipinski definition) is 2. The molecule has 1 aliphatic heterocycles. The lowest BCUT2D eigenvalue weighted by Gasteiger charge is -2.24. The van der Waals surface area contributed by atoms with Gasteiger partial charge in [0.15, 0.2) is 5.82 Å². The third kappa shape index (κ3) is 6.22. The van der Waals surface area contributed by atoms with Crippen molar-refractivity contribution in [1.82, 2.24) is 14.9 Å². The van der Waals surface area contributed by atoms with Crippen molar-refractivity contribution in [2.75, 3.05) is 61.6 Å². The number of anilines is 5. The second kappa shape index (κ2) is 11.7. The van der Waals surface area contributed by atoms with E-state index in [9.17, 15) is 4.21 Å². The van der Waals surface area contributed by atoms with Crippen molar-refractivity contribution in [2.45, 2.75) is 18.2 Å². The normalized spacial score (nSPS) is 15.4. The molecular formula is C25H31ClN6O2S. The molecular weight excluding hydrogens is 484 g/mol. The number of nitrogens with zero attached hydrogens (tertiary/aromatic N) is 4. The van der Waals surface area contributed by atoms with Crippen LogP contribution in [-0.4, -0.2) is 65.2 Å². The van der Waals surface area contributed by atoms with E-state index in [1.54, 1.807) is 7.11 Å². The summed E-state index contributed by atoms with van der Waals surface area (Å²) in [5, 5.41) is 6.82. The molecule has 0 saturated carbocycles. The van der Waals surface area contributed by atoms with Crippen LogP contribution in [0.2, 0.25) is 5.02 Å². The smallest absolute Gasteiger partial charge is 0.229 e. The molecule has 1 unspecified atom stereocenters. The Hall–Kier alpha value is -2.88. The SMILES string of the molecule is CCS(=O)c1ccccc1Nc1nc(Nc2ccc(N3CCCN(C)CC3)cc2OC)ncc1Cl. The molecule has 1 fully saturated rings. The fourth-order valence-corrected chi connectivity index (χ4v) is 5.02.